The third kappa shape index (κ3) is 3.70. The van der Waals surface area contributed by atoms with Gasteiger partial charge in [0.15, 0.2) is 5.60 Å². The normalized spacial score (nSPS) is 22.1. The van der Waals surface area contributed by atoms with Crippen LogP contribution >= 0.6 is 0 Å². The molecule has 9 heteroatoms. The number of amides is 3. The van der Waals surface area contributed by atoms with Crippen LogP contribution in [0.3, 0.4) is 0 Å². The van der Waals surface area contributed by atoms with Crippen molar-refractivity contribution in [3.63, 3.8) is 0 Å². The number of rotatable bonds is 2. The Hall–Kier alpha value is -2.94. The van der Waals surface area contributed by atoms with Crippen LogP contribution in [0.4, 0.5) is 4.79 Å². The molecule has 0 bridgehead atoms. The van der Waals surface area contributed by atoms with Crippen molar-refractivity contribution in [3.05, 3.63) is 35.4 Å². The zero-order valence-corrected chi connectivity index (χ0v) is 16.2. The lowest BCUT2D eigenvalue weighted by Crippen LogP contribution is -2.58. The molecule has 1 aromatic rings. The topological polar surface area (TPSA) is 102 Å². The lowest BCUT2D eigenvalue weighted by Gasteiger charge is -2.39. The van der Waals surface area contributed by atoms with Crippen LogP contribution in [0.2, 0.25) is 0 Å². The second-order valence-corrected chi connectivity index (χ2v) is 7.81. The Morgan fingerprint density at radius 1 is 1.11 bits per heavy atom. The predicted octanol–water partition coefficient (Wildman–Crippen LogP) is 1.77. The molecule has 0 aromatic heterocycles. The minimum Gasteiger partial charge on any atom is -0.444 e. The summed E-state index contributed by atoms with van der Waals surface area (Å²) in [6, 6.07) is 6.18. The molecule has 0 spiro atoms. The van der Waals surface area contributed by atoms with E-state index >= 15 is 0 Å². The fourth-order valence-corrected chi connectivity index (χ4v) is 2.91. The number of hydrogen-bond donors (Lipinski definition) is 0. The molecule has 1 fully saturated rings. The van der Waals surface area contributed by atoms with Crippen LogP contribution in [-0.4, -0.2) is 64.7 Å². The SMILES string of the molecule is CC(C)(C)OC(=O)N1CCOC(C)(C(=O)ON2C(=O)c3ccccc3C2=O)C1. The van der Waals surface area contributed by atoms with Crippen LogP contribution in [0.5, 0.6) is 0 Å². The van der Waals surface area contributed by atoms with E-state index in [0.29, 0.717) is 5.06 Å². The van der Waals surface area contributed by atoms with Gasteiger partial charge in [-0.05, 0) is 39.8 Å². The average Bonchev–Trinajstić information content (AvgIpc) is 2.85. The van der Waals surface area contributed by atoms with E-state index in [-0.39, 0.29) is 30.8 Å². The maximum atomic E-state index is 12.7. The fraction of sp³-hybridized carbons (Fsp3) is 0.474. The van der Waals surface area contributed by atoms with Crippen molar-refractivity contribution in [1.29, 1.82) is 0 Å². The monoisotopic (exact) mass is 390 g/mol. The molecule has 3 amide bonds. The molecule has 1 atom stereocenters. The lowest BCUT2D eigenvalue weighted by molar-refractivity contribution is -0.201. The van der Waals surface area contributed by atoms with Gasteiger partial charge in [0, 0.05) is 6.54 Å². The molecule has 2 heterocycles. The summed E-state index contributed by atoms with van der Waals surface area (Å²) in [5, 5.41) is 0.425. The van der Waals surface area contributed by atoms with Gasteiger partial charge in [-0.1, -0.05) is 17.2 Å². The van der Waals surface area contributed by atoms with Crippen LogP contribution < -0.4 is 0 Å². The molecule has 28 heavy (non-hydrogen) atoms. The van der Waals surface area contributed by atoms with Crippen LogP contribution in [0.1, 0.15) is 48.4 Å². The number of morpholine rings is 1. The fourth-order valence-electron chi connectivity index (χ4n) is 2.91. The van der Waals surface area contributed by atoms with E-state index in [2.05, 4.69) is 0 Å². The lowest BCUT2D eigenvalue weighted by atomic mass is 10.1. The second kappa shape index (κ2) is 6.90. The third-order valence-corrected chi connectivity index (χ3v) is 4.29. The number of ether oxygens (including phenoxy) is 2. The number of fused-ring (bicyclic) bond motifs is 1. The number of imide groups is 1. The Morgan fingerprint density at radius 2 is 1.68 bits per heavy atom. The zero-order valence-electron chi connectivity index (χ0n) is 16.2. The minimum atomic E-state index is -1.55. The smallest absolute Gasteiger partial charge is 0.410 e. The summed E-state index contributed by atoms with van der Waals surface area (Å²) in [5.41, 5.74) is -1.92. The van der Waals surface area contributed by atoms with Gasteiger partial charge in [0.25, 0.3) is 11.8 Å². The van der Waals surface area contributed by atoms with Gasteiger partial charge in [-0.2, -0.15) is 0 Å². The number of carbonyl (C=O) groups is 4. The van der Waals surface area contributed by atoms with Gasteiger partial charge in [0.05, 0.1) is 24.3 Å². The van der Waals surface area contributed by atoms with Crippen molar-refractivity contribution in [2.24, 2.45) is 0 Å². The Labute approximate surface area is 162 Å². The summed E-state index contributed by atoms with van der Waals surface area (Å²) in [5.74, 6) is -2.40. The van der Waals surface area contributed by atoms with E-state index in [4.69, 9.17) is 14.3 Å². The number of nitrogens with zero attached hydrogens (tertiary/aromatic N) is 2. The molecule has 2 aliphatic heterocycles. The van der Waals surface area contributed by atoms with Gasteiger partial charge in [-0.3, -0.25) is 9.59 Å². The van der Waals surface area contributed by atoms with E-state index in [1.165, 1.54) is 24.0 Å². The molecule has 0 N–H and O–H groups in total. The summed E-state index contributed by atoms with van der Waals surface area (Å²) >= 11 is 0. The molecule has 1 aromatic carbocycles. The highest BCUT2D eigenvalue weighted by Gasteiger charge is 2.47. The Bertz CT molecular complexity index is 810. The number of hydroxylamine groups is 2. The van der Waals surface area contributed by atoms with E-state index in [1.807, 2.05) is 0 Å². The van der Waals surface area contributed by atoms with Crippen molar-refractivity contribution < 1.29 is 33.5 Å². The molecular weight excluding hydrogens is 368 g/mol. The Morgan fingerprint density at radius 3 is 2.21 bits per heavy atom. The molecule has 1 unspecified atom stereocenters. The van der Waals surface area contributed by atoms with Gasteiger partial charge in [-0.15, -0.1) is 0 Å². The molecule has 1 saturated heterocycles. The maximum absolute atomic E-state index is 12.7. The highest BCUT2D eigenvalue weighted by Crippen LogP contribution is 2.26. The Balaban J connectivity index is 1.71. The van der Waals surface area contributed by atoms with Crippen molar-refractivity contribution >= 4 is 23.9 Å². The van der Waals surface area contributed by atoms with Gasteiger partial charge in [0.1, 0.15) is 5.60 Å². The summed E-state index contributed by atoms with van der Waals surface area (Å²) in [6.45, 7) is 6.83. The van der Waals surface area contributed by atoms with Crippen molar-refractivity contribution in [1.82, 2.24) is 9.96 Å². The summed E-state index contributed by atoms with van der Waals surface area (Å²) in [7, 11) is 0. The van der Waals surface area contributed by atoms with E-state index in [1.54, 1.807) is 32.9 Å². The second-order valence-electron chi connectivity index (χ2n) is 7.81. The van der Waals surface area contributed by atoms with Crippen molar-refractivity contribution in [3.8, 4) is 0 Å². The van der Waals surface area contributed by atoms with Gasteiger partial charge >= 0.3 is 12.1 Å². The largest absolute Gasteiger partial charge is 0.444 e. The van der Waals surface area contributed by atoms with Crippen LogP contribution in [0, 0.1) is 0 Å². The number of hydrogen-bond acceptors (Lipinski definition) is 7. The third-order valence-electron chi connectivity index (χ3n) is 4.29. The summed E-state index contributed by atoms with van der Waals surface area (Å²) in [4.78, 5) is 56.1. The number of benzene rings is 1. The van der Waals surface area contributed by atoms with Crippen LogP contribution in [-0.2, 0) is 19.1 Å². The standard InChI is InChI=1S/C19H22N2O7/c1-18(2,3)27-17(25)20-9-10-26-19(4,11-20)16(24)28-21-14(22)12-7-5-6-8-13(12)15(21)23/h5-8H,9-11H2,1-4H3. The first-order valence-electron chi connectivity index (χ1n) is 8.84. The van der Waals surface area contributed by atoms with E-state index in [0.717, 1.165) is 0 Å². The maximum Gasteiger partial charge on any atom is 0.410 e. The summed E-state index contributed by atoms with van der Waals surface area (Å²) in [6.07, 6.45) is -0.587. The molecule has 9 nitrogen and oxygen atoms in total. The molecule has 2 aliphatic rings. The molecule has 0 saturated carbocycles. The highest BCUT2D eigenvalue weighted by molar-refractivity contribution is 6.21. The average molecular weight is 390 g/mol. The summed E-state index contributed by atoms with van der Waals surface area (Å²) < 4.78 is 10.8. The first-order valence-corrected chi connectivity index (χ1v) is 8.84. The quantitative estimate of drug-likeness (QED) is 0.709. The molecular formula is C19H22N2O7. The van der Waals surface area contributed by atoms with Crippen LogP contribution in [0.15, 0.2) is 24.3 Å². The van der Waals surface area contributed by atoms with Gasteiger partial charge < -0.3 is 19.2 Å². The van der Waals surface area contributed by atoms with Crippen LogP contribution in [0.25, 0.3) is 0 Å². The minimum absolute atomic E-state index is 0.0764. The first kappa shape index (κ1) is 19.8. The molecule has 150 valence electrons. The zero-order chi connectivity index (χ0) is 20.7. The van der Waals surface area contributed by atoms with Crippen molar-refractivity contribution in [2.75, 3.05) is 19.7 Å². The van der Waals surface area contributed by atoms with Gasteiger partial charge in [-0.25, -0.2) is 9.59 Å². The predicted molar refractivity (Wildman–Crippen MR) is 95.2 cm³/mol. The molecule has 0 aliphatic carbocycles. The van der Waals surface area contributed by atoms with E-state index < -0.39 is 35.1 Å². The highest BCUT2D eigenvalue weighted by atomic mass is 16.7. The Kier molecular flexibility index (Phi) is 4.88. The van der Waals surface area contributed by atoms with Gasteiger partial charge in [0.2, 0.25) is 0 Å². The molecule has 3 rings (SSSR count). The number of carbonyl (C=O) groups excluding carboxylic acids is 4. The van der Waals surface area contributed by atoms with Crippen molar-refractivity contribution in [2.45, 2.75) is 38.9 Å². The van der Waals surface area contributed by atoms with E-state index in [9.17, 15) is 19.2 Å². The first-order chi connectivity index (χ1) is 13.0. The molecule has 0 radical (unpaired) electrons.